The Morgan fingerprint density at radius 3 is 2.65 bits per heavy atom. The zero-order valence-corrected chi connectivity index (χ0v) is 21.4. The Balaban J connectivity index is 1.27. The molecule has 0 fully saturated rings. The number of amides is 1. The lowest BCUT2D eigenvalue weighted by atomic mass is 9.94. The molecule has 4 rings (SSSR count). The number of nitrogens with one attached hydrogen (secondary N) is 1. The first-order valence-electron chi connectivity index (χ1n) is 11.7. The van der Waals surface area contributed by atoms with Crippen molar-refractivity contribution >= 4 is 28.5 Å². The van der Waals surface area contributed by atoms with Gasteiger partial charge in [-0.25, -0.2) is 0 Å². The first-order valence-corrected chi connectivity index (χ1v) is 12.8. The van der Waals surface area contributed by atoms with E-state index in [1.165, 1.54) is 20.3 Å². The van der Waals surface area contributed by atoms with Crippen LogP contribution in [0.4, 0.5) is 0 Å². The molecule has 6 heteroatoms. The first-order chi connectivity index (χ1) is 16.6. The van der Waals surface area contributed by atoms with Gasteiger partial charge in [-0.1, -0.05) is 48.5 Å². The molecule has 1 heterocycles. The van der Waals surface area contributed by atoms with Crippen LogP contribution in [0.15, 0.2) is 72.8 Å². The minimum Gasteiger partial charge on any atom is -0.508 e. The van der Waals surface area contributed by atoms with Crippen LogP contribution >= 0.6 is 22.6 Å². The van der Waals surface area contributed by atoms with Crippen molar-refractivity contribution in [1.82, 2.24) is 10.2 Å². The van der Waals surface area contributed by atoms with Crippen molar-refractivity contribution in [3.05, 3.63) is 98.6 Å². The van der Waals surface area contributed by atoms with Gasteiger partial charge >= 0.3 is 0 Å². The third-order valence-corrected chi connectivity index (χ3v) is 6.82. The van der Waals surface area contributed by atoms with Crippen LogP contribution in [0.3, 0.4) is 0 Å². The molecular formula is C28H31IN2O3. The Morgan fingerprint density at radius 2 is 1.82 bits per heavy atom. The number of aromatic hydroxyl groups is 1. The highest BCUT2D eigenvalue weighted by Gasteiger charge is 2.25. The van der Waals surface area contributed by atoms with Gasteiger partial charge in [-0.15, -0.1) is 0 Å². The van der Waals surface area contributed by atoms with Crippen LogP contribution in [-0.4, -0.2) is 41.7 Å². The van der Waals surface area contributed by atoms with E-state index in [1.54, 1.807) is 18.2 Å². The summed E-state index contributed by atoms with van der Waals surface area (Å²) in [6.07, 6.45) is 2.13. The molecule has 0 bridgehead atoms. The fourth-order valence-corrected chi connectivity index (χ4v) is 5.04. The van der Waals surface area contributed by atoms with E-state index < -0.39 is 0 Å². The summed E-state index contributed by atoms with van der Waals surface area (Å²) in [5.74, 6) is 0.165. The second kappa shape index (κ2) is 12.3. The minimum absolute atomic E-state index is 0.0213. The maximum atomic E-state index is 12.3. The Morgan fingerprint density at radius 1 is 1.03 bits per heavy atom. The molecule has 5 nitrogen and oxygen atoms in total. The number of rotatable bonds is 10. The predicted octanol–water partition coefficient (Wildman–Crippen LogP) is 4.69. The summed E-state index contributed by atoms with van der Waals surface area (Å²) < 4.78 is 7.37. The second-order valence-corrected chi connectivity index (χ2v) is 10.0. The largest absolute Gasteiger partial charge is 0.508 e. The molecule has 0 aliphatic carbocycles. The molecule has 178 valence electrons. The van der Waals surface area contributed by atoms with Crippen molar-refractivity contribution in [3.63, 3.8) is 0 Å². The maximum Gasteiger partial charge on any atom is 0.224 e. The number of benzene rings is 3. The number of halogens is 1. The lowest BCUT2D eigenvalue weighted by Gasteiger charge is -2.37. The Kier molecular flexibility index (Phi) is 8.96. The van der Waals surface area contributed by atoms with E-state index in [9.17, 15) is 9.90 Å². The number of nitrogens with zero attached hydrogens (tertiary/aromatic N) is 1. The smallest absolute Gasteiger partial charge is 0.224 e. The first kappa shape index (κ1) is 24.7. The number of ether oxygens (including phenoxy) is 1. The molecule has 0 aromatic heterocycles. The molecule has 3 aromatic rings. The summed E-state index contributed by atoms with van der Waals surface area (Å²) >= 11 is 2.33. The van der Waals surface area contributed by atoms with Gasteiger partial charge in [0.2, 0.25) is 5.91 Å². The SMILES string of the molecule is O=C(Cc1cccc(O)c1)NCCCN1Cc2ccccc2C[C@H]1COCc1cccc(I)c1. The van der Waals surface area contributed by atoms with E-state index >= 15 is 0 Å². The van der Waals surface area contributed by atoms with Crippen molar-refractivity contribution in [2.24, 2.45) is 0 Å². The fourth-order valence-electron chi connectivity index (χ4n) is 4.43. The van der Waals surface area contributed by atoms with E-state index in [-0.39, 0.29) is 18.1 Å². The van der Waals surface area contributed by atoms with Crippen molar-refractivity contribution in [2.45, 2.75) is 38.5 Å². The van der Waals surface area contributed by atoms with Gasteiger partial charge in [-0.05, 0) is 82.0 Å². The van der Waals surface area contributed by atoms with E-state index in [2.05, 4.69) is 81.3 Å². The highest BCUT2D eigenvalue weighted by Crippen LogP contribution is 2.24. The minimum atomic E-state index is -0.0213. The van der Waals surface area contributed by atoms with Crippen LogP contribution in [0.5, 0.6) is 5.75 Å². The van der Waals surface area contributed by atoms with Crippen molar-refractivity contribution < 1.29 is 14.6 Å². The van der Waals surface area contributed by atoms with Gasteiger partial charge < -0.3 is 15.2 Å². The Labute approximate surface area is 215 Å². The summed E-state index contributed by atoms with van der Waals surface area (Å²) in [4.78, 5) is 14.8. The average molecular weight is 570 g/mol. The molecule has 1 aliphatic heterocycles. The van der Waals surface area contributed by atoms with Crippen LogP contribution in [0.2, 0.25) is 0 Å². The van der Waals surface area contributed by atoms with Crippen LogP contribution in [0, 0.1) is 3.57 Å². The second-order valence-electron chi connectivity index (χ2n) is 8.79. The average Bonchev–Trinajstić information content (AvgIpc) is 2.82. The highest BCUT2D eigenvalue weighted by molar-refractivity contribution is 14.1. The zero-order chi connectivity index (χ0) is 23.8. The third kappa shape index (κ3) is 7.29. The van der Waals surface area contributed by atoms with Gasteiger partial charge in [0.25, 0.3) is 0 Å². The molecule has 1 amide bonds. The van der Waals surface area contributed by atoms with Crippen LogP contribution < -0.4 is 5.32 Å². The number of phenolic OH excluding ortho intramolecular Hbond substituents is 1. The van der Waals surface area contributed by atoms with Crippen LogP contribution in [0.1, 0.15) is 28.7 Å². The molecule has 0 saturated heterocycles. The van der Waals surface area contributed by atoms with Gasteiger partial charge in [0, 0.05) is 29.2 Å². The van der Waals surface area contributed by atoms with E-state index in [0.717, 1.165) is 31.5 Å². The molecule has 1 aliphatic rings. The monoisotopic (exact) mass is 570 g/mol. The number of hydrogen-bond donors (Lipinski definition) is 2. The Hall–Kier alpha value is -2.42. The standard InChI is InChI=1S/C28H31IN2O3/c29-25-10-3-7-22(14-25)19-34-20-26-17-23-8-1-2-9-24(23)18-31(26)13-5-12-30-28(33)16-21-6-4-11-27(32)15-21/h1-4,6-11,14-15,26,32H,5,12-13,16-20H2,(H,30,33)/t26-/m0/s1. The number of carbonyl (C=O) groups excluding carboxylic acids is 1. The lowest BCUT2D eigenvalue weighted by molar-refractivity contribution is -0.120. The van der Waals surface area contributed by atoms with Crippen LogP contribution in [0.25, 0.3) is 0 Å². The molecule has 0 radical (unpaired) electrons. The number of phenols is 1. The van der Waals surface area contributed by atoms with Crippen molar-refractivity contribution in [1.29, 1.82) is 0 Å². The maximum absolute atomic E-state index is 12.3. The van der Waals surface area contributed by atoms with E-state index in [4.69, 9.17) is 4.74 Å². The van der Waals surface area contributed by atoms with Gasteiger partial charge in [-0.2, -0.15) is 0 Å². The predicted molar refractivity (Wildman–Crippen MR) is 143 cm³/mol. The molecule has 3 aromatic carbocycles. The summed E-state index contributed by atoms with van der Waals surface area (Å²) in [6, 6.07) is 24.2. The normalized spacial score (nSPS) is 15.6. The Bertz CT molecular complexity index is 1100. The molecule has 0 saturated carbocycles. The quantitative estimate of drug-likeness (QED) is 0.275. The lowest BCUT2D eigenvalue weighted by Crippen LogP contribution is -2.44. The van der Waals surface area contributed by atoms with E-state index in [0.29, 0.717) is 25.8 Å². The third-order valence-electron chi connectivity index (χ3n) is 6.15. The summed E-state index contributed by atoms with van der Waals surface area (Å²) in [5.41, 5.74) is 4.80. The topological polar surface area (TPSA) is 61.8 Å². The molecule has 1 atom stereocenters. The number of carbonyl (C=O) groups is 1. The molecule has 2 N–H and O–H groups in total. The van der Waals surface area contributed by atoms with Gasteiger partial charge in [0.1, 0.15) is 5.75 Å². The zero-order valence-electron chi connectivity index (χ0n) is 19.3. The van der Waals surface area contributed by atoms with Crippen LogP contribution in [-0.2, 0) is 35.5 Å². The molecule has 34 heavy (non-hydrogen) atoms. The van der Waals surface area contributed by atoms with Crippen molar-refractivity contribution in [2.75, 3.05) is 19.7 Å². The summed E-state index contributed by atoms with van der Waals surface area (Å²) in [7, 11) is 0. The fraction of sp³-hybridized carbons (Fsp3) is 0.321. The van der Waals surface area contributed by atoms with Gasteiger partial charge in [0.05, 0.1) is 19.6 Å². The number of hydrogen-bond acceptors (Lipinski definition) is 4. The summed E-state index contributed by atoms with van der Waals surface area (Å²) in [5, 5.41) is 12.6. The molecular weight excluding hydrogens is 539 g/mol. The molecule has 0 spiro atoms. The van der Waals surface area contributed by atoms with Gasteiger partial charge in [-0.3, -0.25) is 9.69 Å². The van der Waals surface area contributed by atoms with Gasteiger partial charge in [0.15, 0.2) is 0 Å². The molecule has 0 unspecified atom stereocenters. The van der Waals surface area contributed by atoms with Crippen molar-refractivity contribution in [3.8, 4) is 5.75 Å². The van der Waals surface area contributed by atoms with E-state index in [1.807, 2.05) is 6.07 Å². The number of fused-ring (bicyclic) bond motifs is 1. The summed E-state index contributed by atoms with van der Waals surface area (Å²) in [6.45, 7) is 3.74. The highest BCUT2D eigenvalue weighted by atomic mass is 127.